The molecule has 4 rings (SSSR count). The number of anilines is 1. The van der Waals surface area contributed by atoms with Crippen molar-refractivity contribution in [1.82, 2.24) is 9.38 Å². The van der Waals surface area contributed by atoms with Crippen molar-refractivity contribution in [1.29, 1.82) is 0 Å². The van der Waals surface area contributed by atoms with E-state index in [2.05, 4.69) is 60.3 Å². The van der Waals surface area contributed by atoms with Gasteiger partial charge in [0.05, 0.1) is 13.0 Å². The van der Waals surface area contributed by atoms with Gasteiger partial charge in [-0.1, -0.05) is 20.8 Å². The topological polar surface area (TPSA) is 64.9 Å². The maximum atomic E-state index is 12.2. The van der Waals surface area contributed by atoms with E-state index in [0.29, 0.717) is 11.5 Å². The van der Waals surface area contributed by atoms with Crippen molar-refractivity contribution in [3.05, 3.63) is 41.0 Å². The van der Waals surface area contributed by atoms with Gasteiger partial charge in [-0.3, -0.25) is 9.20 Å². The smallest absolute Gasteiger partial charge is 0.314 e. The second-order valence-corrected chi connectivity index (χ2v) is 11.6. The summed E-state index contributed by atoms with van der Waals surface area (Å²) >= 11 is 3.59. The van der Waals surface area contributed by atoms with E-state index >= 15 is 0 Å². The first kappa shape index (κ1) is 23.6. The van der Waals surface area contributed by atoms with E-state index in [4.69, 9.17) is 14.5 Å². The number of pyridine rings is 1. The molecule has 0 amide bonds. The zero-order chi connectivity index (χ0) is 24.0. The van der Waals surface area contributed by atoms with Gasteiger partial charge in [0.2, 0.25) is 0 Å². The van der Waals surface area contributed by atoms with Gasteiger partial charge in [-0.25, -0.2) is 4.98 Å². The predicted molar refractivity (Wildman–Crippen MR) is 135 cm³/mol. The third kappa shape index (κ3) is 5.52. The molecule has 1 saturated carbocycles. The summed E-state index contributed by atoms with van der Waals surface area (Å²) in [5.41, 5.74) is 2.52. The molecule has 0 aliphatic heterocycles. The minimum atomic E-state index is -0.190. The number of benzene rings is 1. The molecule has 176 valence electrons. The van der Waals surface area contributed by atoms with Crippen molar-refractivity contribution in [2.45, 2.75) is 59.4 Å². The molecule has 0 atom stereocenters. The van der Waals surface area contributed by atoms with Crippen LogP contribution >= 0.6 is 15.9 Å². The van der Waals surface area contributed by atoms with Gasteiger partial charge in [0.15, 0.2) is 11.5 Å². The minimum Gasteiger partial charge on any atom is -0.493 e. The largest absolute Gasteiger partial charge is 0.493 e. The summed E-state index contributed by atoms with van der Waals surface area (Å²) in [7, 11) is 1.58. The molecule has 3 aromatic rings. The lowest BCUT2D eigenvalue weighted by Crippen LogP contribution is -2.36. The number of carbonyl (C=O) groups excluding carboxylic acids is 1. The van der Waals surface area contributed by atoms with Gasteiger partial charge in [-0.2, -0.15) is 0 Å². The maximum Gasteiger partial charge on any atom is 0.314 e. The lowest BCUT2D eigenvalue weighted by molar-refractivity contribution is -0.135. The number of rotatable bonds is 7. The average Bonchev–Trinajstić information content (AvgIpc) is 3.51. The van der Waals surface area contributed by atoms with Gasteiger partial charge in [-0.05, 0) is 84.8 Å². The van der Waals surface area contributed by atoms with Crippen LogP contribution in [0.15, 0.2) is 41.0 Å². The third-order valence-electron chi connectivity index (χ3n) is 5.57. The Labute approximate surface area is 203 Å². The number of aromatic nitrogens is 2. The van der Waals surface area contributed by atoms with Crippen molar-refractivity contribution in [3.8, 4) is 22.8 Å². The fraction of sp³-hybridized carbons (Fsp3) is 0.462. The Morgan fingerprint density at radius 3 is 2.52 bits per heavy atom. The van der Waals surface area contributed by atoms with Crippen molar-refractivity contribution in [3.63, 3.8) is 0 Å². The fourth-order valence-corrected chi connectivity index (χ4v) is 4.78. The monoisotopic (exact) mass is 513 g/mol. The third-order valence-corrected chi connectivity index (χ3v) is 6.04. The zero-order valence-corrected chi connectivity index (χ0v) is 21.7. The number of hydrogen-bond acceptors (Lipinski definition) is 5. The summed E-state index contributed by atoms with van der Waals surface area (Å²) in [6.07, 6.45) is 4.79. The second-order valence-electron chi connectivity index (χ2n) is 10.7. The van der Waals surface area contributed by atoms with Crippen LogP contribution in [0.1, 0.15) is 53.9 Å². The number of hydrogen-bond donors (Lipinski definition) is 1. The Morgan fingerprint density at radius 1 is 1.15 bits per heavy atom. The highest BCUT2D eigenvalue weighted by Crippen LogP contribution is 2.39. The van der Waals surface area contributed by atoms with E-state index in [-0.39, 0.29) is 22.8 Å². The molecule has 33 heavy (non-hydrogen) atoms. The maximum absolute atomic E-state index is 12.2. The molecule has 0 unspecified atom stereocenters. The zero-order valence-electron chi connectivity index (χ0n) is 20.2. The van der Waals surface area contributed by atoms with Crippen molar-refractivity contribution in [2.75, 3.05) is 12.4 Å². The van der Waals surface area contributed by atoms with Crippen LogP contribution in [0, 0.1) is 11.3 Å². The lowest BCUT2D eigenvalue weighted by atomic mass is 9.82. The van der Waals surface area contributed by atoms with Crippen LogP contribution in [0.3, 0.4) is 0 Å². The van der Waals surface area contributed by atoms with Crippen molar-refractivity contribution in [2.24, 2.45) is 11.3 Å². The summed E-state index contributed by atoms with van der Waals surface area (Å²) in [5.74, 6) is 1.69. The molecule has 0 saturated heterocycles. The van der Waals surface area contributed by atoms with Crippen LogP contribution in [0.25, 0.3) is 16.9 Å². The molecule has 1 N–H and O–H groups in total. The Kier molecular flexibility index (Phi) is 6.20. The van der Waals surface area contributed by atoms with Crippen LogP contribution < -0.4 is 14.8 Å². The summed E-state index contributed by atoms with van der Waals surface area (Å²) in [4.78, 5) is 17.1. The van der Waals surface area contributed by atoms with E-state index < -0.39 is 0 Å². The number of methoxy groups -OCH3 is 1. The van der Waals surface area contributed by atoms with Crippen LogP contribution in [0.2, 0.25) is 0 Å². The lowest BCUT2D eigenvalue weighted by Gasteiger charge is -2.34. The molecule has 0 radical (unpaired) electrons. The number of ether oxygens (including phenoxy) is 2. The number of fused-ring (bicyclic) bond motifs is 1. The Bertz CT molecular complexity index is 1190. The molecule has 6 nitrogen and oxygen atoms in total. The molecular weight excluding hydrogens is 482 g/mol. The van der Waals surface area contributed by atoms with E-state index in [1.807, 2.05) is 30.5 Å². The van der Waals surface area contributed by atoms with E-state index in [9.17, 15) is 4.79 Å². The van der Waals surface area contributed by atoms with E-state index in [1.165, 1.54) is 0 Å². The molecule has 1 aliphatic carbocycles. The fourth-order valence-electron chi connectivity index (χ4n) is 4.44. The molecule has 1 fully saturated rings. The summed E-state index contributed by atoms with van der Waals surface area (Å²) in [6, 6.07) is 9.57. The normalized spacial score (nSPS) is 14.4. The average molecular weight is 514 g/mol. The van der Waals surface area contributed by atoms with Gasteiger partial charge < -0.3 is 14.8 Å². The quantitative estimate of drug-likeness (QED) is 0.280. The number of imidazole rings is 1. The van der Waals surface area contributed by atoms with Gasteiger partial charge in [0, 0.05) is 21.8 Å². The van der Waals surface area contributed by atoms with Crippen molar-refractivity contribution >= 4 is 33.4 Å². The van der Waals surface area contributed by atoms with Gasteiger partial charge in [0.25, 0.3) is 0 Å². The van der Waals surface area contributed by atoms with Gasteiger partial charge in [-0.15, -0.1) is 0 Å². The molecular formula is C26H32BrN3O3. The number of halogens is 1. The minimum absolute atomic E-state index is 0.0205. The standard InChI is InChI=1S/C26H32BrN3O3/c1-25(2,3)15-26(4,5)29-23-22(28-21-12-10-18(27)14-30(21)23)17-9-11-19(20(13-17)32-6)33-24(31)16-7-8-16/h9-14,16,29H,7-8,15H2,1-6H3. The van der Waals surface area contributed by atoms with Crippen molar-refractivity contribution < 1.29 is 14.3 Å². The van der Waals surface area contributed by atoms with Crippen LogP contribution in [-0.2, 0) is 4.79 Å². The van der Waals surface area contributed by atoms with E-state index in [0.717, 1.165) is 46.5 Å². The Balaban J connectivity index is 1.76. The first-order chi connectivity index (χ1) is 15.5. The highest BCUT2D eigenvalue weighted by molar-refractivity contribution is 9.10. The summed E-state index contributed by atoms with van der Waals surface area (Å²) in [6.45, 7) is 11.2. The number of carbonyl (C=O) groups is 1. The first-order valence-corrected chi connectivity index (χ1v) is 12.1. The molecule has 7 heteroatoms. The first-order valence-electron chi connectivity index (χ1n) is 11.3. The van der Waals surface area contributed by atoms with E-state index in [1.54, 1.807) is 13.2 Å². The molecule has 1 aromatic carbocycles. The predicted octanol–water partition coefficient (Wildman–Crippen LogP) is 6.71. The molecule has 0 spiro atoms. The van der Waals surface area contributed by atoms with Crippen LogP contribution in [-0.4, -0.2) is 28.0 Å². The summed E-state index contributed by atoms with van der Waals surface area (Å²) in [5, 5.41) is 3.75. The van der Waals surface area contributed by atoms with Gasteiger partial charge >= 0.3 is 5.97 Å². The molecule has 0 bridgehead atoms. The highest BCUT2D eigenvalue weighted by atomic mass is 79.9. The number of nitrogens with one attached hydrogen (secondary N) is 1. The summed E-state index contributed by atoms with van der Waals surface area (Å²) < 4.78 is 14.2. The van der Waals surface area contributed by atoms with Crippen LogP contribution in [0.4, 0.5) is 5.82 Å². The Hall–Kier alpha value is -2.54. The number of nitrogens with zero attached hydrogens (tertiary/aromatic N) is 2. The SMILES string of the molecule is COc1cc(-c2nc3ccc(Br)cn3c2NC(C)(C)CC(C)(C)C)ccc1OC(=O)C1CC1. The molecule has 2 aromatic heterocycles. The van der Waals surface area contributed by atoms with Crippen LogP contribution in [0.5, 0.6) is 11.5 Å². The molecule has 2 heterocycles. The van der Waals surface area contributed by atoms with Gasteiger partial charge in [0.1, 0.15) is 17.2 Å². The second kappa shape index (κ2) is 8.67. The Morgan fingerprint density at radius 2 is 1.88 bits per heavy atom. The highest BCUT2D eigenvalue weighted by Gasteiger charge is 2.32. The number of esters is 1. The molecule has 1 aliphatic rings.